The lowest BCUT2D eigenvalue weighted by atomic mass is 9.76. The second-order valence-corrected chi connectivity index (χ2v) is 15.0. The molecule has 1 saturated heterocycles. The molecule has 1 saturated carbocycles. The summed E-state index contributed by atoms with van der Waals surface area (Å²) in [5.41, 5.74) is -0.550. The molecule has 2 rings (SSSR count). The lowest BCUT2D eigenvalue weighted by molar-refractivity contribution is -0.304. The predicted octanol–water partition coefficient (Wildman–Crippen LogP) is 7.88. The summed E-state index contributed by atoms with van der Waals surface area (Å²) in [7, 11) is 0. The number of carboxylic acid groups (broad SMARTS) is 1. The standard InChI is InChI=1S/C37H67N3O6/c1-7-8-9-10-11-12-13-14-15-16-17-18-19-20-23-28(2)39-35(44)40-31-25-22-21-24-29(31)30(34(42)43)26-38-33(41)32-36(3,4)27-45-37(5,6)46-32/h14-15,28-32H,7-13,16-27H2,1-6H3,(H,38,41)(H,42,43)(H2,39,40,44)/t28?,29-,30?,31-,32?/m0/s1. The molecule has 1 aliphatic heterocycles. The van der Waals surface area contributed by atoms with Crippen LogP contribution in [0, 0.1) is 17.3 Å². The van der Waals surface area contributed by atoms with E-state index in [1.807, 2.05) is 20.8 Å². The number of carboxylic acids is 1. The highest BCUT2D eigenvalue weighted by molar-refractivity contribution is 5.82. The summed E-state index contributed by atoms with van der Waals surface area (Å²) in [6.45, 7) is 12.0. The average Bonchev–Trinajstić information content (AvgIpc) is 2.99. The third kappa shape index (κ3) is 15.2. The van der Waals surface area contributed by atoms with Crippen LogP contribution in [0.2, 0.25) is 0 Å². The first kappa shape index (κ1) is 40.0. The maximum Gasteiger partial charge on any atom is 0.315 e. The number of amides is 3. The molecule has 0 bridgehead atoms. The fourth-order valence-corrected chi connectivity index (χ4v) is 6.72. The Kier molecular flexibility index (Phi) is 18.3. The van der Waals surface area contributed by atoms with Gasteiger partial charge in [0.1, 0.15) is 6.10 Å². The second kappa shape index (κ2) is 21.0. The third-order valence-electron chi connectivity index (χ3n) is 9.63. The van der Waals surface area contributed by atoms with Gasteiger partial charge in [0.05, 0.1) is 12.5 Å². The van der Waals surface area contributed by atoms with Gasteiger partial charge in [-0.05, 0) is 71.6 Å². The molecule has 1 aliphatic carbocycles. The number of hydrogen-bond donors (Lipinski definition) is 4. The average molecular weight is 650 g/mol. The second-order valence-electron chi connectivity index (χ2n) is 15.0. The Balaban J connectivity index is 1.71. The number of rotatable bonds is 21. The van der Waals surface area contributed by atoms with E-state index in [1.54, 1.807) is 13.8 Å². The van der Waals surface area contributed by atoms with Crippen molar-refractivity contribution in [1.82, 2.24) is 16.0 Å². The molecule has 9 nitrogen and oxygen atoms in total. The Hall–Kier alpha value is -2.13. The quantitative estimate of drug-likeness (QED) is 0.0741. The van der Waals surface area contributed by atoms with Gasteiger partial charge in [-0.3, -0.25) is 9.59 Å². The largest absolute Gasteiger partial charge is 0.481 e. The van der Waals surface area contributed by atoms with Gasteiger partial charge in [0.15, 0.2) is 5.79 Å². The van der Waals surface area contributed by atoms with Gasteiger partial charge in [-0.2, -0.15) is 0 Å². The zero-order valence-corrected chi connectivity index (χ0v) is 30.0. The van der Waals surface area contributed by atoms with Crippen molar-refractivity contribution in [3.63, 3.8) is 0 Å². The molecule has 3 amide bonds. The molecule has 2 aliphatic rings. The van der Waals surface area contributed by atoms with Crippen LogP contribution in [0.25, 0.3) is 0 Å². The van der Waals surface area contributed by atoms with Crippen LogP contribution in [0.1, 0.15) is 151 Å². The van der Waals surface area contributed by atoms with Gasteiger partial charge in [0.25, 0.3) is 0 Å². The van der Waals surface area contributed by atoms with Crippen molar-refractivity contribution in [3.05, 3.63) is 12.2 Å². The molecular formula is C37H67N3O6. The van der Waals surface area contributed by atoms with Gasteiger partial charge in [-0.15, -0.1) is 0 Å². The van der Waals surface area contributed by atoms with Crippen molar-refractivity contribution < 1.29 is 29.0 Å². The molecule has 5 atom stereocenters. The zero-order chi connectivity index (χ0) is 34.0. The first-order chi connectivity index (χ1) is 21.9. The third-order valence-corrected chi connectivity index (χ3v) is 9.63. The Morgan fingerprint density at radius 3 is 2.15 bits per heavy atom. The van der Waals surface area contributed by atoms with E-state index in [-0.39, 0.29) is 36.5 Å². The molecule has 0 aromatic carbocycles. The minimum atomic E-state index is -0.964. The molecule has 46 heavy (non-hydrogen) atoms. The van der Waals surface area contributed by atoms with E-state index in [2.05, 4.69) is 35.0 Å². The molecule has 0 aromatic rings. The van der Waals surface area contributed by atoms with E-state index in [0.717, 1.165) is 44.9 Å². The molecule has 0 spiro atoms. The summed E-state index contributed by atoms with van der Waals surface area (Å²) < 4.78 is 11.6. The van der Waals surface area contributed by atoms with Crippen LogP contribution < -0.4 is 16.0 Å². The fourth-order valence-electron chi connectivity index (χ4n) is 6.72. The summed E-state index contributed by atoms with van der Waals surface area (Å²) in [4.78, 5) is 38.5. The molecule has 1 heterocycles. The number of ether oxygens (including phenoxy) is 2. The summed E-state index contributed by atoms with van der Waals surface area (Å²) in [5, 5.41) is 19.2. The lowest BCUT2D eigenvalue weighted by Gasteiger charge is -2.45. The van der Waals surface area contributed by atoms with Crippen LogP contribution in [-0.2, 0) is 19.1 Å². The summed E-state index contributed by atoms with van der Waals surface area (Å²) >= 11 is 0. The van der Waals surface area contributed by atoms with Gasteiger partial charge >= 0.3 is 12.0 Å². The molecule has 266 valence electrons. The van der Waals surface area contributed by atoms with Crippen molar-refractivity contribution in [2.45, 2.75) is 175 Å². The van der Waals surface area contributed by atoms with Gasteiger partial charge in [0.2, 0.25) is 5.91 Å². The van der Waals surface area contributed by atoms with E-state index in [9.17, 15) is 19.5 Å². The number of carbonyl (C=O) groups excluding carboxylic acids is 2. The summed E-state index contributed by atoms with van der Waals surface area (Å²) in [6, 6.07) is -0.462. The van der Waals surface area contributed by atoms with E-state index in [4.69, 9.17) is 9.47 Å². The first-order valence-electron chi connectivity index (χ1n) is 18.4. The molecule has 4 N–H and O–H groups in total. The molecular weight excluding hydrogens is 582 g/mol. The SMILES string of the molecule is CCCCCCCCC=CCCCCCCC(C)NC(=O)N[C@H]1CCCC[C@H]1C(CNC(=O)C1OC(C)(C)OCC1(C)C)C(=O)O. The number of carbonyl (C=O) groups is 3. The number of hydrogen-bond acceptors (Lipinski definition) is 5. The van der Waals surface area contributed by atoms with E-state index in [0.29, 0.717) is 13.0 Å². The first-order valence-corrected chi connectivity index (χ1v) is 18.4. The minimum Gasteiger partial charge on any atom is -0.481 e. The smallest absolute Gasteiger partial charge is 0.315 e. The van der Waals surface area contributed by atoms with Crippen LogP contribution in [0.5, 0.6) is 0 Å². The maximum atomic E-state index is 13.2. The van der Waals surface area contributed by atoms with Crippen molar-refractivity contribution in [2.24, 2.45) is 17.3 Å². The van der Waals surface area contributed by atoms with Crippen LogP contribution in [0.3, 0.4) is 0 Å². The van der Waals surface area contributed by atoms with Crippen molar-refractivity contribution in [1.29, 1.82) is 0 Å². The topological polar surface area (TPSA) is 126 Å². The van der Waals surface area contributed by atoms with Gasteiger partial charge in [-0.25, -0.2) is 4.79 Å². The maximum absolute atomic E-state index is 13.2. The minimum absolute atomic E-state index is 0.0127. The van der Waals surface area contributed by atoms with E-state index >= 15 is 0 Å². The molecule has 9 heteroatoms. The molecule has 3 unspecified atom stereocenters. The Labute approximate surface area is 279 Å². The predicted molar refractivity (Wildman–Crippen MR) is 185 cm³/mol. The summed E-state index contributed by atoms with van der Waals surface area (Å²) in [5.74, 6) is -3.27. The van der Waals surface area contributed by atoms with E-state index < -0.39 is 29.2 Å². The number of urea groups is 1. The van der Waals surface area contributed by atoms with Gasteiger partial charge < -0.3 is 30.5 Å². The highest BCUT2D eigenvalue weighted by Crippen LogP contribution is 2.35. The van der Waals surface area contributed by atoms with Gasteiger partial charge in [-0.1, -0.05) is 97.1 Å². The summed E-state index contributed by atoms with van der Waals surface area (Å²) in [6.07, 6.45) is 23.2. The number of allylic oxidation sites excluding steroid dienone is 2. The highest BCUT2D eigenvalue weighted by atomic mass is 16.7. The van der Waals surface area contributed by atoms with Crippen LogP contribution >= 0.6 is 0 Å². The van der Waals surface area contributed by atoms with Crippen molar-refractivity contribution >= 4 is 17.9 Å². The van der Waals surface area contributed by atoms with Crippen molar-refractivity contribution in [3.8, 4) is 0 Å². The van der Waals surface area contributed by atoms with E-state index in [1.165, 1.54) is 57.8 Å². The molecule has 0 radical (unpaired) electrons. The van der Waals surface area contributed by atoms with Crippen LogP contribution in [0.15, 0.2) is 12.2 Å². The zero-order valence-electron chi connectivity index (χ0n) is 30.0. The van der Waals surface area contributed by atoms with Crippen molar-refractivity contribution in [2.75, 3.05) is 13.2 Å². The lowest BCUT2D eigenvalue weighted by Crippen LogP contribution is -2.57. The fraction of sp³-hybridized carbons (Fsp3) is 0.865. The van der Waals surface area contributed by atoms with Crippen LogP contribution in [-0.4, -0.2) is 60.1 Å². The van der Waals surface area contributed by atoms with Gasteiger partial charge in [0, 0.05) is 24.0 Å². The normalized spacial score (nSPS) is 23.8. The Bertz CT molecular complexity index is 936. The number of aliphatic carboxylic acids is 1. The number of nitrogens with one attached hydrogen (secondary N) is 3. The molecule has 0 aromatic heterocycles. The van der Waals surface area contributed by atoms with Crippen LogP contribution in [0.4, 0.5) is 4.79 Å². The highest BCUT2D eigenvalue weighted by Gasteiger charge is 2.46. The monoisotopic (exact) mass is 650 g/mol. The Morgan fingerprint density at radius 2 is 1.50 bits per heavy atom. The molecule has 2 fully saturated rings. The Morgan fingerprint density at radius 1 is 0.891 bits per heavy atom. The number of unbranched alkanes of at least 4 members (excludes halogenated alkanes) is 10.